The molecule has 0 unspecified atom stereocenters. The molecule has 0 radical (unpaired) electrons. The summed E-state index contributed by atoms with van der Waals surface area (Å²) in [5, 5.41) is 9.97. The minimum Gasteiger partial charge on any atom is -0.357 e. The highest BCUT2D eigenvalue weighted by atomic mass is 32.2. The first-order valence-electron chi connectivity index (χ1n) is 15.6. The summed E-state index contributed by atoms with van der Waals surface area (Å²) in [5.41, 5.74) is 2.70. The number of rotatable bonds is 13. The number of nitrogens with zero attached hydrogens (tertiary/aromatic N) is 4. The number of hydrogen-bond acceptors (Lipinski definition) is 6. The monoisotopic (exact) mass is 604 g/mol. The van der Waals surface area contributed by atoms with Crippen molar-refractivity contribution in [3.05, 3.63) is 67.8 Å². The second kappa shape index (κ2) is 15.5. The van der Waals surface area contributed by atoms with E-state index in [0.29, 0.717) is 33.8 Å². The number of nitriles is 1. The molecular formula is C34H44N4O2S2. The van der Waals surface area contributed by atoms with E-state index in [2.05, 4.69) is 48.2 Å². The molecule has 0 N–H and O–H groups in total. The zero-order valence-corrected chi connectivity index (χ0v) is 27.0. The lowest BCUT2D eigenvalue weighted by Crippen LogP contribution is -2.40. The molecule has 0 spiro atoms. The summed E-state index contributed by atoms with van der Waals surface area (Å²) in [7, 11) is 0. The second-order valence-corrected chi connectivity index (χ2v) is 13.2. The Kier molecular flexibility index (Phi) is 11.9. The topological polar surface area (TPSA) is 69.3 Å². The minimum absolute atomic E-state index is 0.0720. The molecule has 1 aromatic heterocycles. The summed E-state index contributed by atoms with van der Waals surface area (Å²) in [4.78, 5) is 31.7. The van der Waals surface area contributed by atoms with Crippen LogP contribution in [0.5, 0.6) is 0 Å². The largest absolute Gasteiger partial charge is 0.357 e. The first kappa shape index (κ1) is 32.0. The fraction of sp³-hybridized carbons (Fsp3) is 0.529. The maximum Gasteiger partial charge on any atom is 0.270 e. The molecule has 42 heavy (non-hydrogen) atoms. The van der Waals surface area contributed by atoms with Gasteiger partial charge in [0, 0.05) is 31.7 Å². The molecule has 1 amide bonds. The fourth-order valence-corrected chi connectivity index (χ4v) is 7.38. The van der Waals surface area contributed by atoms with Crippen LogP contribution in [0, 0.1) is 24.2 Å². The minimum atomic E-state index is -0.244. The van der Waals surface area contributed by atoms with Gasteiger partial charge in [-0.05, 0) is 62.1 Å². The van der Waals surface area contributed by atoms with Gasteiger partial charge >= 0.3 is 0 Å². The lowest BCUT2D eigenvalue weighted by molar-refractivity contribution is -0.122. The van der Waals surface area contributed by atoms with Gasteiger partial charge in [-0.3, -0.25) is 19.1 Å². The Hall–Kier alpha value is -2.89. The van der Waals surface area contributed by atoms with E-state index in [1.54, 1.807) is 9.47 Å². The van der Waals surface area contributed by atoms with Crippen molar-refractivity contribution >= 4 is 46.1 Å². The van der Waals surface area contributed by atoms with Crippen LogP contribution in [0.15, 0.2) is 40.0 Å². The smallest absolute Gasteiger partial charge is 0.270 e. The number of aromatic nitrogens is 1. The number of amides is 1. The molecule has 6 nitrogen and oxygen atoms in total. The summed E-state index contributed by atoms with van der Waals surface area (Å²) >= 11 is 6.97. The van der Waals surface area contributed by atoms with Crippen molar-refractivity contribution in [2.24, 2.45) is 5.92 Å². The Bertz CT molecular complexity index is 1380. The molecule has 224 valence electrons. The number of hydrogen-bond donors (Lipinski definition) is 0. The Labute approximate surface area is 260 Å². The average Bonchev–Trinajstić information content (AvgIpc) is 3.26. The maximum absolute atomic E-state index is 13.5. The SMILES string of the molecule is CCCCCCCCN1C(=O)C(=Cc2c(C)c(C#N)c(=O)n(CCC)c2N2CCC(Cc3ccccc3)CC2)SC1=S. The Morgan fingerprint density at radius 3 is 2.36 bits per heavy atom. The molecule has 0 atom stereocenters. The predicted molar refractivity (Wildman–Crippen MR) is 179 cm³/mol. The highest BCUT2D eigenvalue weighted by Gasteiger charge is 2.33. The molecule has 1 aromatic carbocycles. The molecule has 2 aromatic rings. The van der Waals surface area contributed by atoms with Crippen LogP contribution in [-0.2, 0) is 17.8 Å². The third-order valence-corrected chi connectivity index (χ3v) is 9.84. The number of thiocarbonyl (C=S) groups is 1. The Balaban J connectivity index is 1.61. The van der Waals surface area contributed by atoms with Crippen molar-refractivity contribution in [2.75, 3.05) is 24.5 Å². The first-order chi connectivity index (χ1) is 20.4. The van der Waals surface area contributed by atoms with Gasteiger partial charge in [0.25, 0.3) is 11.5 Å². The van der Waals surface area contributed by atoms with Gasteiger partial charge in [-0.25, -0.2) is 0 Å². The van der Waals surface area contributed by atoms with Crippen molar-refractivity contribution in [1.29, 1.82) is 5.26 Å². The summed E-state index contributed by atoms with van der Waals surface area (Å²) < 4.78 is 2.36. The number of carbonyl (C=O) groups is 1. The van der Waals surface area contributed by atoms with Gasteiger partial charge in [0.2, 0.25) is 0 Å². The summed E-state index contributed by atoms with van der Waals surface area (Å²) in [5.74, 6) is 1.34. The number of carbonyl (C=O) groups excluding carboxylic acids is 1. The van der Waals surface area contributed by atoms with Gasteiger partial charge in [0.1, 0.15) is 21.8 Å². The molecule has 2 aliphatic heterocycles. The van der Waals surface area contributed by atoms with E-state index in [9.17, 15) is 14.9 Å². The van der Waals surface area contributed by atoms with Crippen molar-refractivity contribution in [3.63, 3.8) is 0 Å². The van der Waals surface area contributed by atoms with Crippen molar-refractivity contribution in [1.82, 2.24) is 9.47 Å². The first-order valence-corrected chi connectivity index (χ1v) is 16.8. The molecule has 0 bridgehead atoms. The van der Waals surface area contributed by atoms with Crippen molar-refractivity contribution in [2.45, 2.75) is 91.5 Å². The molecule has 4 rings (SSSR count). The number of anilines is 1. The average molecular weight is 605 g/mol. The van der Waals surface area contributed by atoms with Gasteiger partial charge < -0.3 is 4.90 Å². The van der Waals surface area contributed by atoms with Crippen LogP contribution >= 0.6 is 24.0 Å². The van der Waals surface area contributed by atoms with E-state index in [-0.39, 0.29) is 17.0 Å². The zero-order valence-electron chi connectivity index (χ0n) is 25.4. The number of unbranched alkanes of at least 4 members (excludes halogenated alkanes) is 5. The number of pyridine rings is 1. The lowest BCUT2D eigenvalue weighted by atomic mass is 9.90. The number of thioether (sulfide) groups is 1. The van der Waals surface area contributed by atoms with E-state index in [1.165, 1.54) is 43.0 Å². The van der Waals surface area contributed by atoms with Crippen LogP contribution in [0.2, 0.25) is 0 Å². The number of benzene rings is 1. The van der Waals surface area contributed by atoms with Crippen LogP contribution in [0.1, 0.15) is 93.9 Å². The Morgan fingerprint density at radius 1 is 1.00 bits per heavy atom. The van der Waals surface area contributed by atoms with Crippen LogP contribution in [-0.4, -0.2) is 39.3 Å². The van der Waals surface area contributed by atoms with Crippen LogP contribution in [0.3, 0.4) is 0 Å². The van der Waals surface area contributed by atoms with E-state index < -0.39 is 0 Å². The van der Waals surface area contributed by atoms with Gasteiger partial charge in [-0.2, -0.15) is 5.26 Å². The Morgan fingerprint density at radius 2 is 1.69 bits per heavy atom. The zero-order chi connectivity index (χ0) is 30.1. The highest BCUT2D eigenvalue weighted by molar-refractivity contribution is 8.26. The van der Waals surface area contributed by atoms with Crippen LogP contribution in [0.4, 0.5) is 5.82 Å². The molecule has 0 saturated carbocycles. The van der Waals surface area contributed by atoms with Crippen molar-refractivity contribution < 1.29 is 4.79 Å². The molecule has 3 heterocycles. The third-order valence-electron chi connectivity index (χ3n) is 8.46. The summed E-state index contributed by atoms with van der Waals surface area (Å²) in [6.07, 6.45) is 12.7. The number of piperidine rings is 1. The van der Waals surface area contributed by atoms with Crippen LogP contribution < -0.4 is 10.5 Å². The normalized spacial score (nSPS) is 17.0. The van der Waals surface area contributed by atoms with E-state index in [4.69, 9.17) is 12.2 Å². The molecule has 2 saturated heterocycles. The lowest BCUT2D eigenvalue weighted by Gasteiger charge is -2.36. The quantitative estimate of drug-likeness (QED) is 0.134. The molecule has 8 heteroatoms. The van der Waals surface area contributed by atoms with Gasteiger partial charge in [0.05, 0.1) is 4.91 Å². The molecule has 0 aliphatic carbocycles. The van der Waals surface area contributed by atoms with Crippen LogP contribution in [0.25, 0.3) is 6.08 Å². The standard InChI is InChI=1S/C34H44N4O2S2/c1-4-6-7-8-9-13-19-38-33(40)30(42-34(38)41)23-28-25(3)29(24-35)32(39)37(18-5-2)31(28)36-20-16-27(17-21-36)22-26-14-11-10-12-15-26/h10-12,14-15,23,27H,4-9,13,16-22H2,1-3H3. The van der Waals surface area contributed by atoms with E-state index in [0.717, 1.165) is 63.0 Å². The van der Waals surface area contributed by atoms with Crippen molar-refractivity contribution in [3.8, 4) is 6.07 Å². The summed E-state index contributed by atoms with van der Waals surface area (Å²) in [6.45, 7) is 8.89. The van der Waals surface area contributed by atoms with E-state index >= 15 is 0 Å². The predicted octanol–water partition coefficient (Wildman–Crippen LogP) is 7.46. The van der Waals surface area contributed by atoms with Gasteiger partial charge in [0.15, 0.2) is 0 Å². The van der Waals surface area contributed by atoms with Gasteiger partial charge in [-0.15, -0.1) is 0 Å². The summed E-state index contributed by atoms with van der Waals surface area (Å²) in [6, 6.07) is 12.8. The van der Waals surface area contributed by atoms with Gasteiger partial charge in [-0.1, -0.05) is 100 Å². The molecular weight excluding hydrogens is 561 g/mol. The fourth-order valence-electron chi connectivity index (χ4n) is 6.09. The highest BCUT2D eigenvalue weighted by Crippen LogP contribution is 2.37. The third kappa shape index (κ3) is 7.54. The maximum atomic E-state index is 13.5. The molecule has 2 aliphatic rings. The second-order valence-electron chi connectivity index (χ2n) is 11.5. The molecule has 2 fully saturated rings. The van der Waals surface area contributed by atoms with E-state index in [1.807, 2.05) is 19.9 Å².